The zero-order valence-corrected chi connectivity index (χ0v) is 18.2. The van der Waals surface area contributed by atoms with E-state index in [2.05, 4.69) is 0 Å². The fourth-order valence-corrected chi connectivity index (χ4v) is 4.24. The molecule has 2 atom stereocenters. The van der Waals surface area contributed by atoms with Gasteiger partial charge in [0.05, 0.1) is 31.4 Å². The molecular weight excluding hydrogens is 410 g/mol. The van der Waals surface area contributed by atoms with Crippen LogP contribution in [0.15, 0.2) is 54.1 Å². The molecule has 0 saturated carbocycles. The van der Waals surface area contributed by atoms with Crippen LogP contribution in [-0.4, -0.2) is 54.7 Å². The molecule has 1 N–H and O–H groups in total. The van der Waals surface area contributed by atoms with Gasteiger partial charge in [0.1, 0.15) is 17.3 Å². The molecule has 168 valence electrons. The van der Waals surface area contributed by atoms with E-state index in [-0.39, 0.29) is 17.4 Å². The van der Waals surface area contributed by atoms with Crippen molar-refractivity contribution in [3.63, 3.8) is 0 Å². The molecule has 7 nitrogen and oxygen atoms in total. The second-order valence-electron chi connectivity index (χ2n) is 7.82. The monoisotopic (exact) mass is 437 g/mol. The number of aliphatic hydroxyl groups is 1. The lowest BCUT2D eigenvalue weighted by Gasteiger charge is -2.27. The summed E-state index contributed by atoms with van der Waals surface area (Å²) in [7, 11) is 1.55. The molecule has 2 fully saturated rings. The summed E-state index contributed by atoms with van der Waals surface area (Å²) in [6.07, 6.45) is 1.63. The molecule has 32 heavy (non-hydrogen) atoms. The van der Waals surface area contributed by atoms with Gasteiger partial charge in [0.2, 0.25) is 0 Å². The van der Waals surface area contributed by atoms with E-state index >= 15 is 0 Å². The Balaban J connectivity index is 1.77. The minimum Gasteiger partial charge on any atom is -0.507 e. The van der Waals surface area contributed by atoms with Crippen LogP contribution in [0.25, 0.3) is 5.76 Å². The first-order chi connectivity index (χ1) is 15.5. The molecule has 0 spiro atoms. The van der Waals surface area contributed by atoms with Gasteiger partial charge in [-0.2, -0.15) is 0 Å². The van der Waals surface area contributed by atoms with E-state index in [1.54, 1.807) is 43.5 Å². The van der Waals surface area contributed by atoms with Gasteiger partial charge in [-0.3, -0.25) is 9.59 Å². The Labute approximate surface area is 187 Å². The molecule has 1 amide bonds. The number of aliphatic hydroxyl groups excluding tert-OH is 1. The summed E-state index contributed by atoms with van der Waals surface area (Å²) in [5, 5.41) is 11.1. The first-order valence-corrected chi connectivity index (χ1v) is 10.8. The Bertz CT molecular complexity index is 1010. The molecule has 2 aliphatic rings. The molecule has 2 saturated heterocycles. The predicted molar refractivity (Wildman–Crippen MR) is 119 cm³/mol. The van der Waals surface area contributed by atoms with Crippen LogP contribution in [0.1, 0.15) is 36.9 Å². The SMILES string of the molecule is CCOc1ccc([C@H]2/C(=C(\O)c3ccc(OC)cc3)C(=O)C(=O)N2C[C@@H]2CCCO2)cc1. The third-order valence-corrected chi connectivity index (χ3v) is 5.83. The Morgan fingerprint density at radius 3 is 2.38 bits per heavy atom. The van der Waals surface area contributed by atoms with Crippen LogP contribution in [-0.2, 0) is 14.3 Å². The Morgan fingerprint density at radius 2 is 1.78 bits per heavy atom. The molecule has 0 aliphatic carbocycles. The largest absolute Gasteiger partial charge is 0.507 e. The van der Waals surface area contributed by atoms with Crippen molar-refractivity contribution in [3.8, 4) is 11.5 Å². The van der Waals surface area contributed by atoms with Gasteiger partial charge in [0.25, 0.3) is 11.7 Å². The lowest BCUT2D eigenvalue weighted by atomic mass is 9.95. The maximum Gasteiger partial charge on any atom is 0.295 e. The van der Waals surface area contributed by atoms with Crippen LogP contribution in [0.5, 0.6) is 11.5 Å². The van der Waals surface area contributed by atoms with Gasteiger partial charge in [-0.25, -0.2) is 0 Å². The van der Waals surface area contributed by atoms with E-state index in [9.17, 15) is 14.7 Å². The smallest absolute Gasteiger partial charge is 0.295 e. The molecule has 4 rings (SSSR count). The number of carbonyl (C=O) groups is 2. The second-order valence-corrected chi connectivity index (χ2v) is 7.82. The van der Waals surface area contributed by atoms with Crippen LogP contribution in [0.3, 0.4) is 0 Å². The Morgan fingerprint density at radius 1 is 1.09 bits per heavy atom. The number of hydrogen-bond donors (Lipinski definition) is 1. The van der Waals surface area contributed by atoms with Gasteiger partial charge in [-0.1, -0.05) is 12.1 Å². The van der Waals surface area contributed by atoms with Crippen molar-refractivity contribution in [2.24, 2.45) is 0 Å². The number of Topliss-reactive ketones (excluding diaryl/α,β-unsaturated/α-hetero) is 1. The van der Waals surface area contributed by atoms with Gasteiger partial charge in [0, 0.05) is 18.7 Å². The summed E-state index contributed by atoms with van der Waals surface area (Å²) in [5.74, 6) is -0.213. The van der Waals surface area contributed by atoms with E-state index in [1.807, 2.05) is 19.1 Å². The number of methoxy groups -OCH3 is 1. The van der Waals surface area contributed by atoms with Crippen molar-refractivity contribution >= 4 is 17.4 Å². The zero-order chi connectivity index (χ0) is 22.7. The third kappa shape index (κ3) is 4.21. The highest BCUT2D eigenvalue weighted by molar-refractivity contribution is 6.46. The number of hydrogen-bond acceptors (Lipinski definition) is 6. The highest BCUT2D eigenvalue weighted by atomic mass is 16.5. The normalized spacial score (nSPS) is 22.4. The lowest BCUT2D eigenvalue weighted by molar-refractivity contribution is -0.140. The highest BCUT2D eigenvalue weighted by Gasteiger charge is 2.47. The van der Waals surface area contributed by atoms with Crippen LogP contribution >= 0.6 is 0 Å². The second kappa shape index (κ2) is 9.44. The van der Waals surface area contributed by atoms with E-state index in [1.165, 1.54) is 4.90 Å². The maximum absolute atomic E-state index is 13.1. The number of carbonyl (C=O) groups excluding carboxylic acids is 2. The molecule has 2 aromatic carbocycles. The first-order valence-electron chi connectivity index (χ1n) is 10.8. The summed E-state index contributed by atoms with van der Waals surface area (Å²) < 4.78 is 16.4. The van der Waals surface area contributed by atoms with Crippen LogP contribution in [0, 0.1) is 0 Å². The minimum absolute atomic E-state index is 0.0716. The third-order valence-electron chi connectivity index (χ3n) is 5.83. The topological polar surface area (TPSA) is 85.3 Å². The fraction of sp³-hybridized carbons (Fsp3) is 0.360. The quantitative estimate of drug-likeness (QED) is 0.404. The standard InChI is InChI=1S/C25H27NO6/c1-3-31-19-12-6-16(7-13-19)22-21(23(27)17-8-10-18(30-2)11-9-17)24(28)25(29)26(22)15-20-5-4-14-32-20/h6-13,20,22,27H,3-5,14-15H2,1-2H3/b23-21+/t20-,22-/m0/s1. The van der Waals surface area contributed by atoms with Gasteiger partial charge >= 0.3 is 0 Å². The molecule has 0 unspecified atom stereocenters. The van der Waals surface area contributed by atoms with Crippen molar-refractivity contribution in [1.82, 2.24) is 4.90 Å². The van der Waals surface area contributed by atoms with Crippen molar-refractivity contribution in [2.75, 3.05) is 26.9 Å². The molecule has 2 heterocycles. The van der Waals surface area contributed by atoms with Gasteiger partial charge in [-0.15, -0.1) is 0 Å². The van der Waals surface area contributed by atoms with E-state index in [4.69, 9.17) is 14.2 Å². The van der Waals surface area contributed by atoms with Crippen molar-refractivity contribution in [1.29, 1.82) is 0 Å². The average molecular weight is 437 g/mol. The van der Waals surface area contributed by atoms with Crippen molar-refractivity contribution in [2.45, 2.75) is 31.9 Å². The summed E-state index contributed by atoms with van der Waals surface area (Å²) in [6.45, 7) is 3.38. The molecular formula is C25H27NO6. The minimum atomic E-state index is -0.711. The number of ether oxygens (including phenoxy) is 3. The summed E-state index contributed by atoms with van der Waals surface area (Å²) in [4.78, 5) is 27.6. The van der Waals surface area contributed by atoms with Crippen molar-refractivity contribution < 1.29 is 28.9 Å². The summed E-state index contributed by atoms with van der Waals surface area (Å²) in [6, 6.07) is 13.3. The molecule has 0 radical (unpaired) electrons. The molecule has 7 heteroatoms. The number of nitrogens with zero attached hydrogens (tertiary/aromatic N) is 1. The van der Waals surface area contributed by atoms with E-state index < -0.39 is 17.7 Å². The maximum atomic E-state index is 13.1. The number of ketones is 1. The van der Waals surface area contributed by atoms with Crippen LogP contribution < -0.4 is 9.47 Å². The van der Waals surface area contributed by atoms with E-state index in [0.717, 1.165) is 18.4 Å². The molecule has 2 aliphatic heterocycles. The highest BCUT2D eigenvalue weighted by Crippen LogP contribution is 2.40. The van der Waals surface area contributed by atoms with Gasteiger partial charge in [0.15, 0.2) is 0 Å². The fourth-order valence-electron chi connectivity index (χ4n) is 4.24. The average Bonchev–Trinajstić information content (AvgIpc) is 3.42. The number of amides is 1. The van der Waals surface area contributed by atoms with Crippen molar-refractivity contribution in [3.05, 3.63) is 65.2 Å². The lowest BCUT2D eigenvalue weighted by Crippen LogP contribution is -2.36. The van der Waals surface area contributed by atoms with Crippen LogP contribution in [0.2, 0.25) is 0 Å². The number of rotatable bonds is 7. The van der Waals surface area contributed by atoms with Gasteiger partial charge < -0.3 is 24.2 Å². The van der Waals surface area contributed by atoms with Crippen LogP contribution in [0.4, 0.5) is 0 Å². The zero-order valence-electron chi connectivity index (χ0n) is 18.2. The predicted octanol–water partition coefficient (Wildman–Crippen LogP) is 3.69. The Hall–Kier alpha value is -3.32. The molecule has 0 aromatic heterocycles. The molecule has 0 bridgehead atoms. The van der Waals surface area contributed by atoms with Gasteiger partial charge in [-0.05, 0) is 61.7 Å². The first kappa shape index (κ1) is 21.9. The number of benzene rings is 2. The summed E-state index contributed by atoms with van der Waals surface area (Å²) >= 11 is 0. The summed E-state index contributed by atoms with van der Waals surface area (Å²) in [5.41, 5.74) is 1.24. The molecule has 2 aromatic rings. The number of likely N-dealkylation sites (tertiary alicyclic amines) is 1. The Kier molecular flexibility index (Phi) is 6.46. The van der Waals surface area contributed by atoms with E-state index in [0.29, 0.717) is 36.8 Å².